The number of pyridine rings is 1. The van der Waals surface area contributed by atoms with Crippen LogP contribution in [0.2, 0.25) is 0 Å². The molecular weight excluding hydrogens is 518 g/mol. The van der Waals surface area contributed by atoms with E-state index in [1.807, 2.05) is 20.0 Å². The van der Waals surface area contributed by atoms with Gasteiger partial charge in [0.05, 0.1) is 22.3 Å². The molecule has 0 bridgehead atoms. The number of likely N-dealkylation sites (N-methyl/N-ethyl adjacent to an activating group) is 1. The Hall–Kier alpha value is -4.28. The first-order valence-corrected chi connectivity index (χ1v) is 12.4. The largest absolute Gasteiger partial charge is 0.368 e. The average Bonchev–Trinajstić information content (AvgIpc) is 3.21. The molecular formula is C28H30ClN7O3. The highest BCUT2D eigenvalue weighted by atomic mass is 35.5. The van der Waals surface area contributed by atoms with Crippen LogP contribution in [0.15, 0.2) is 60.8 Å². The molecule has 2 aromatic carbocycles. The Bertz CT molecular complexity index is 1530. The number of amides is 3. The van der Waals surface area contributed by atoms with E-state index in [1.165, 1.54) is 6.20 Å². The molecule has 1 fully saturated rings. The molecule has 1 aliphatic rings. The predicted molar refractivity (Wildman–Crippen MR) is 153 cm³/mol. The molecule has 0 aliphatic carbocycles. The van der Waals surface area contributed by atoms with E-state index in [1.54, 1.807) is 53.2 Å². The van der Waals surface area contributed by atoms with E-state index in [4.69, 9.17) is 0 Å². The van der Waals surface area contributed by atoms with Gasteiger partial charge in [-0.2, -0.15) is 5.10 Å². The van der Waals surface area contributed by atoms with E-state index in [-0.39, 0.29) is 18.2 Å². The van der Waals surface area contributed by atoms with Crippen molar-refractivity contribution in [3.63, 3.8) is 0 Å². The van der Waals surface area contributed by atoms with E-state index in [0.29, 0.717) is 28.0 Å². The van der Waals surface area contributed by atoms with Gasteiger partial charge in [-0.3, -0.25) is 19.6 Å². The minimum atomic E-state index is -0.702. The van der Waals surface area contributed by atoms with Crippen molar-refractivity contribution in [2.24, 2.45) is 7.05 Å². The Morgan fingerprint density at radius 3 is 2.31 bits per heavy atom. The fourth-order valence-corrected chi connectivity index (χ4v) is 4.74. The van der Waals surface area contributed by atoms with E-state index in [2.05, 4.69) is 37.6 Å². The lowest BCUT2D eigenvalue weighted by atomic mass is 10.0. The first kappa shape index (κ1) is 27.7. The fraction of sp³-hybridized carbons (Fsp3) is 0.250. The highest BCUT2D eigenvalue weighted by Gasteiger charge is 2.27. The number of aryl methyl sites for hydroxylation is 2. The highest BCUT2D eigenvalue weighted by molar-refractivity contribution is 6.14. The Morgan fingerprint density at radius 1 is 0.897 bits per heavy atom. The van der Waals surface area contributed by atoms with Crippen molar-refractivity contribution in [3.05, 3.63) is 83.2 Å². The van der Waals surface area contributed by atoms with Crippen LogP contribution in [0.4, 0.5) is 16.2 Å². The van der Waals surface area contributed by atoms with Gasteiger partial charge in [-0.05, 0) is 26.1 Å². The Kier molecular flexibility index (Phi) is 8.27. The summed E-state index contributed by atoms with van der Waals surface area (Å²) >= 11 is 0. The first-order chi connectivity index (χ1) is 18.3. The van der Waals surface area contributed by atoms with E-state index in [9.17, 15) is 14.4 Å². The Balaban J connectivity index is 0.00000353. The van der Waals surface area contributed by atoms with Gasteiger partial charge >= 0.3 is 6.03 Å². The number of nitrogens with zero attached hydrogens (tertiary/aromatic N) is 5. The maximum absolute atomic E-state index is 13.4. The normalized spacial score (nSPS) is 13.6. The lowest BCUT2D eigenvalue weighted by Gasteiger charge is -2.35. The number of urea groups is 1. The molecule has 0 spiro atoms. The molecule has 4 aromatic rings. The third kappa shape index (κ3) is 5.76. The van der Waals surface area contributed by atoms with Gasteiger partial charge in [0.25, 0.3) is 5.91 Å². The second kappa shape index (κ2) is 11.6. The monoisotopic (exact) mass is 547 g/mol. The number of aromatic nitrogens is 3. The van der Waals surface area contributed by atoms with Gasteiger partial charge in [-0.15, -0.1) is 12.4 Å². The summed E-state index contributed by atoms with van der Waals surface area (Å²) in [4.78, 5) is 47.8. The van der Waals surface area contributed by atoms with Gasteiger partial charge in [0, 0.05) is 56.2 Å². The van der Waals surface area contributed by atoms with Crippen molar-refractivity contribution in [1.29, 1.82) is 0 Å². The van der Waals surface area contributed by atoms with Crippen LogP contribution in [0.3, 0.4) is 0 Å². The maximum atomic E-state index is 13.4. The van der Waals surface area contributed by atoms with Gasteiger partial charge in [-0.1, -0.05) is 42.5 Å². The van der Waals surface area contributed by atoms with Gasteiger partial charge in [0.1, 0.15) is 0 Å². The minimum Gasteiger partial charge on any atom is -0.368 e. The number of carbonyl (C=O) groups excluding carboxylic acids is 3. The number of piperazine rings is 1. The van der Waals surface area contributed by atoms with Crippen molar-refractivity contribution >= 4 is 52.5 Å². The lowest BCUT2D eigenvalue weighted by molar-refractivity contribution is 0.0966. The van der Waals surface area contributed by atoms with Crippen molar-refractivity contribution in [2.45, 2.75) is 6.92 Å². The number of nitrogens with one attached hydrogen (secondary N) is 2. The molecule has 1 aliphatic heterocycles. The lowest BCUT2D eigenvalue weighted by Crippen LogP contribution is -2.45. The summed E-state index contributed by atoms with van der Waals surface area (Å²) in [6.07, 6.45) is 1.50. The van der Waals surface area contributed by atoms with Crippen molar-refractivity contribution in [3.8, 4) is 0 Å². The SMILES string of the molecule is Cc1nn(C)c2ncc(C(=O)NC(=O)Nc3cccc(C(=O)c4ccccc4)c3)c(N3CCN(C)CC3)c12.Cl. The van der Waals surface area contributed by atoms with Crippen LogP contribution in [0.5, 0.6) is 0 Å². The summed E-state index contributed by atoms with van der Waals surface area (Å²) in [6.45, 7) is 5.06. The summed E-state index contributed by atoms with van der Waals surface area (Å²) in [5.74, 6) is -0.723. The first-order valence-electron chi connectivity index (χ1n) is 12.4. The average molecular weight is 548 g/mol. The second-order valence-corrected chi connectivity index (χ2v) is 9.40. The second-order valence-electron chi connectivity index (χ2n) is 9.40. The zero-order chi connectivity index (χ0) is 26.8. The van der Waals surface area contributed by atoms with Crippen LogP contribution in [0.25, 0.3) is 11.0 Å². The number of hydrogen-bond acceptors (Lipinski definition) is 7. The predicted octanol–water partition coefficient (Wildman–Crippen LogP) is 3.64. The molecule has 2 N–H and O–H groups in total. The van der Waals surface area contributed by atoms with Crippen LogP contribution in [-0.4, -0.2) is 70.6 Å². The molecule has 0 atom stereocenters. The minimum absolute atomic E-state index is 0. The number of halogens is 1. The summed E-state index contributed by atoms with van der Waals surface area (Å²) < 4.78 is 1.70. The number of ketones is 1. The van der Waals surface area contributed by atoms with Crippen molar-refractivity contribution in [2.75, 3.05) is 43.4 Å². The van der Waals surface area contributed by atoms with Crippen LogP contribution in [-0.2, 0) is 7.05 Å². The molecule has 3 heterocycles. The van der Waals surface area contributed by atoms with Gasteiger partial charge in [0.15, 0.2) is 11.4 Å². The summed E-state index contributed by atoms with van der Waals surface area (Å²) in [6, 6.07) is 14.8. The van der Waals surface area contributed by atoms with Crippen molar-refractivity contribution < 1.29 is 14.4 Å². The van der Waals surface area contributed by atoms with E-state index in [0.717, 1.165) is 42.9 Å². The van der Waals surface area contributed by atoms with Crippen LogP contribution in [0.1, 0.15) is 32.0 Å². The molecule has 202 valence electrons. The number of rotatable bonds is 5. The molecule has 2 aromatic heterocycles. The quantitative estimate of drug-likeness (QED) is 0.367. The summed E-state index contributed by atoms with van der Waals surface area (Å²) in [7, 11) is 3.88. The number of fused-ring (bicyclic) bond motifs is 1. The summed E-state index contributed by atoms with van der Waals surface area (Å²) in [5.41, 5.74) is 3.86. The molecule has 3 amide bonds. The molecule has 10 nitrogen and oxygen atoms in total. The molecule has 0 saturated carbocycles. The number of imide groups is 1. The number of benzene rings is 2. The van der Waals surface area contributed by atoms with Gasteiger partial charge in [-0.25, -0.2) is 9.78 Å². The third-order valence-electron chi connectivity index (χ3n) is 6.71. The molecule has 1 saturated heterocycles. The fourth-order valence-electron chi connectivity index (χ4n) is 4.74. The molecule has 0 unspecified atom stereocenters. The van der Waals surface area contributed by atoms with Crippen LogP contribution in [0, 0.1) is 6.92 Å². The van der Waals surface area contributed by atoms with Crippen molar-refractivity contribution in [1.82, 2.24) is 25.0 Å². The number of anilines is 2. The maximum Gasteiger partial charge on any atom is 0.326 e. The molecule has 39 heavy (non-hydrogen) atoms. The third-order valence-corrected chi connectivity index (χ3v) is 6.71. The number of carbonyl (C=O) groups is 3. The van der Waals surface area contributed by atoms with Crippen LogP contribution < -0.4 is 15.5 Å². The molecule has 11 heteroatoms. The Labute approximate surface area is 232 Å². The molecule has 0 radical (unpaired) electrons. The number of hydrogen-bond donors (Lipinski definition) is 2. The molecule has 5 rings (SSSR count). The zero-order valence-corrected chi connectivity index (χ0v) is 22.8. The smallest absolute Gasteiger partial charge is 0.326 e. The van der Waals surface area contributed by atoms with Gasteiger partial charge < -0.3 is 15.1 Å². The van der Waals surface area contributed by atoms with E-state index < -0.39 is 11.9 Å². The Morgan fingerprint density at radius 2 is 1.59 bits per heavy atom. The van der Waals surface area contributed by atoms with Gasteiger partial charge in [0.2, 0.25) is 0 Å². The van der Waals surface area contributed by atoms with E-state index >= 15 is 0 Å². The highest BCUT2D eigenvalue weighted by Crippen LogP contribution is 2.32. The topological polar surface area (TPSA) is 112 Å². The zero-order valence-electron chi connectivity index (χ0n) is 22.0. The van der Waals surface area contributed by atoms with Crippen LogP contribution >= 0.6 is 12.4 Å². The standard InChI is InChI=1S/C28H29N7O3.ClH/c1-18-23-24(35-14-12-33(2)13-15-35)22(17-29-26(23)34(3)32-18)27(37)31-28(38)30-21-11-7-10-20(16-21)25(36)19-8-5-4-6-9-19;/h4-11,16-17H,12-15H2,1-3H3,(H2,30,31,37,38);1H. The summed E-state index contributed by atoms with van der Waals surface area (Å²) in [5, 5.41) is 10.4.